The number of carbonyl (C=O) groups excluding carboxylic acids is 2. The highest BCUT2D eigenvalue weighted by atomic mass is 32.2. The molecule has 1 aromatic carbocycles. The quantitative estimate of drug-likeness (QED) is 0.807. The third-order valence-corrected chi connectivity index (χ3v) is 8.38. The number of sulfone groups is 1. The molecule has 2 aliphatic heterocycles. The van der Waals surface area contributed by atoms with E-state index in [4.69, 9.17) is 0 Å². The lowest BCUT2D eigenvalue weighted by atomic mass is 9.99. The van der Waals surface area contributed by atoms with Gasteiger partial charge in [0.25, 0.3) is 0 Å². The number of nitrogens with zero attached hydrogens (tertiary/aromatic N) is 1. The van der Waals surface area contributed by atoms with Crippen molar-refractivity contribution in [1.29, 1.82) is 0 Å². The summed E-state index contributed by atoms with van der Waals surface area (Å²) in [5, 5.41) is 2.65. The first-order valence-corrected chi connectivity index (χ1v) is 12.0. The van der Waals surface area contributed by atoms with Crippen LogP contribution in [0.3, 0.4) is 0 Å². The molecule has 0 saturated carbocycles. The topological polar surface area (TPSA) is 83.6 Å². The van der Waals surface area contributed by atoms with E-state index < -0.39 is 9.84 Å². The van der Waals surface area contributed by atoms with Crippen molar-refractivity contribution in [3.05, 3.63) is 18.2 Å². The first-order valence-electron chi connectivity index (χ1n) is 9.42. The Morgan fingerprint density at radius 2 is 2.00 bits per heavy atom. The Kier molecular flexibility index (Phi) is 6.15. The molecule has 0 spiro atoms. The van der Waals surface area contributed by atoms with Gasteiger partial charge in [-0.3, -0.25) is 9.59 Å². The normalized spacial score (nSPS) is 20.9. The molecule has 0 radical (unpaired) electrons. The molecule has 6 nitrogen and oxygen atoms in total. The third kappa shape index (κ3) is 4.66. The fourth-order valence-electron chi connectivity index (χ4n) is 3.35. The van der Waals surface area contributed by atoms with Crippen molar-refractivity contribution in [3.8, 4) is 0 Å². The summed E-state index contributed by atoms with van der Waals surface area (Å²) in [7, 11) is -3.58. The van der Waals surface area contributed by atoms with E-state index in [9.17, 15) is 18.0 Å². The molecule has 1 saturated heterocycles. The van der Waals surface area contributed by atoms with Crippen LogP contribution in [0.4, 0.5) is 5.69 Å². The molecule has 3 rings (SSSR count). The standard InChI is InChI=1S/C19H26N2O4S2/c1-3-16-19(23)20-15-12-14(4-5-17(15)26-16)27(24,25)11-8-18(22)21-9-6-13(2)7-10-21/h4-5,12-13,16H,3,6-11H2,1-2H3,(H,20,23). The highest BCUT2D eigenvalue weighted by molar-refractivity contribution is 8.01. The van der Waals surface area contributed by atoms with Crippen LogP contribution in [0, 0.1) is 5.92 Å². The van der Waals surface area contributed by atoms with Crippen molar-refractivity contribution >= 4 is 39.1 Å². The predicted octanol–water partition coefficient (Wildman–Crippen LogP) is 2.93. The molecule has 1 atom stereocenters. The zero-order chi connectivity index (χ0) is 19.6. The lowest BCUT2D eigenvalue weighted by Gasteiger charge is -2.30. The minimum absolute atomic E-state index is 0.00713. The van der Waals surface area contributed by atoms with Crippen LogP contribution in [-0.4, -0.2) is 49.2 Å². The number of likely N-dealkylation sites (tertiary alicyclic amines) is 1. The van der Waals surface area contributed by atoms with Gasteiger partial charge in [0.05, 0.1) is 21.6 Å². The van der Waals surface area contributed by atoms with Gasteiger partial charge in [0.2, 0.25) is 11.8 Å². The van der Waals surface area contributed by atoms with Crippen LogP contribution in [0.2, 0.25) is 0 Å². The van der Waals surface area contributed by atoms with Gasteiger partial charge < -0.3 is 10.2 Å². The molecule has 1 N–H and O–H groups in total. The molecule has 1 unspecified atom stereocenters. The summed E-state index contributed by atoms with van der Waals surface area (Å²) in [6.07, 6.45) is 2.65. The number of fused-ring (bicyclic) bond motifs is 1. The van der Waals surface area contributed by atoms with Crippen LogP contribution in [0.1, 0.15) is 39.5 Å². The van der Waals surface area contributed by atoms with Crippen molar-refractivity contribution in [2.45, 2.75) is 54.6 Å². The smallest absolute Gasteiger partial charge is 0.237 e. The van der Waals surface area contributed by atoms with Gasteiger partial charge in [-0.1, -0.05) is 13.8 Å². The first kappa shape index (κ1) is 20.2. The van der Waals surface area contributed by atoms with Crippen LogP contribution in [0.15, 0.2) is 28.0 Å². The summed E-state index contributed by atoms with van der Waals surface area (Å²) in [6.45, 7) is 5.53. The number of anilines is 1. The molecule has 8 heteroatoms. The maximum absolute atomic E-state index is 12.7. The number of thioether (sulfide) groups is 1. The summed E-state index contributed by atoms with van der Waals surface area (Å²) < 4.78 is 25.3. The third-order valence-electron chi connectivity index (χ3n) is 5.22. The lowest BCUT2D eigenvalue weighted by Crippen LogP contribution is -2.38. The Morgan fingerprint density at radius 3 is 2.67 bits per heavy atom. The summed E-state index contributed by atoms with van der Waals surface area (Å²) in [6, 6.07) is 4.82. The fraction of sp³-hybridized carbons (Fsp3) is 0.579. The molecule has 0 aliphatic carbocycles. The number of rotatable bonds is 5. The van der Waals surface area contributed by atoms with Gasteiger partial charge in [-0.15, -0.1) is 11.8 Å². The molecule has 1 fully saturated rings. The number of hydrogen-bond donors (Lipinski definition) is 1. The monoisotopic (exact) mass is 410 g/mol. The van der Waals surface area contributed by atoms with Crippen molar-refractivity contribution in [1.82, 2.24) is 4.90 Å². The zero-order valence-electron chi connectivity index (χ0n) is 15.7. The second-order valence-electron chi connectivity index (χ2n) is 7.29. The number of carbonyl (C=O) groups is 2. The Labute approximate surface area is 165 Å². The van der Waals surface area contributed by atoms with E-state index in [-0.39, 0.29) is 34.1 Å². The highest BCUT2D eigenvalue weighted by Crippen LogP contribution is 2.38. The van der Waals surface area contributed by atoms with Gasteiger partial charge in [0.15, 0.2) is 9.84 Å². The minimum atomic E-state index is -3.58. The second-order valence-corrected chi connectivity index (χ2v) is 10.6. The van der Waals surface area contributed by atoms with Crippen LogP contribution < -0.4 is 5.32 Å². The first-order chi connectivity index (χ1) is 12.8. The van der Waals surface area contributed by atoms with Crippen molar-refractivity contribution in [2.75, 3.05) is 24.2 Å². The van der Waals surface area contributed by atoms with Crippen molar-refractivity contribution < 1.29 is 18.0 Å². The molecule has 0 aromatic heterocycles. The highest BCUT2D eigenvalue weighted by Gasteiger charge is 2.28. The number of piperidine rings is 1. The molecule has 148 valence electrons. The van der Waals surface area contributed by atoms with E-state index in [1.165, 1.54) is 17.8 Å². The van der Waals surface area contributed by atoms with E-state index in [0.29, 0.717) is 31.1 Å². The van der Waals surface area contributed by atoms with E-state index in [1.807, 2.05) is 6.92 Å². The molecule has 2 aliphatic rings. The predicted molar refractivity (Wildman–Crippen MR) is 107 cm³/mol. The molecule has 2 amide bonds. The summed E-state index contributed by atoms with van der Waals surface area (Å²) in [4.78, 5) is 27.2. The molecular weight excluding hydrogens is 384 g/mol. The largest absolute Gasteiger partial charge is 0.343 e. The van der Waals surface area contributed by atoms with Crippen LogP contribution in [-0.2, 0) is 19.4 Å². The van der Waals surface area contributed by atoms with E-state index in [0.717, 1.165) is 17.7 Å². The van der Waals surface area contributed by atoms with Gasteiger partial charge >= 0.3 is 0 Å². The maximum Gasteiger partial charge on any atom is 0.237 e. The van der Waals surface area contributed by atoms with Crippen molar-refractivity contribution in [3.63, 3.8) is 0 Å². The van der Waals surface area contributed by atoms with E-state index >= 15 is 0 Å². The number of hydrogen-bond acceptors (Lipinski definition) is 5. The van der Waals surface area contributed by atoms with Crippen LogP contribution >= 0.6 is 11.8 Å². The van der Waals surface area contributed by atoms with Gasteiger partial charge in [-0.05, 0) is 43.4 Å². The van der Waals surface area contributed by atoms with Gasteiger partial charge in [0, 0.05) is 24.4 Å². The maximum atomic E-state index is 12.7. The minimum Gasteiger partial charge on any atom is -0.343 e. The molecule has 1 aromatic rings. The van der Waals surface area contributed by atoms with Gasteiger partial charge in [-0.25, -0.2) is 8.42 Å². The summed E-state index contributed by atoms with van der Waals surface area (Å²) >= 11 is 1.45. The summed E-state index contributed by atoms with van der Waals surface area (Å²) in [5.41, 5.74) is 0.534. The average Bonchev–Trinajstić information content (AvgIpc) is 2.65. The zero-order valence-corrected chi connectivity index (χ0v) is 17.4. The summed E-state index contributed by atoms with van der Waals surface area (Å²) in [5.74, 6) is 0.209. The average molecular weight is 411 g/mol. The van der Waals surface area contributed by atoms with E-state index in [1.54, 1.807) is 17.0 Å². The SMILES string of the molecule is CCC1Sc2ccc(S(=O)(=O)CCC(=O)N3CCC(C)CC3)cc2NC1=O. The van der Waals surface area contributed by atoms with Gasteiger partial charge in [0.1, 0.15) is 0 Å². The Bertz CT molecular complexity index is 830. The lowest BCUT2D eigenvalue weighted by molar-refractivity contribution is -0.132. The number of benzene rings is 1. The fourth-order valence-corrected chi connectivity index (χ4v) is 5.62. The molecule has 2 heterocycles. The number of nitrogens with one attached hydrogen (secondary N) is 1. The van der Waals surface area contributed by atoms with Crippen molar-refractivity contribution in [2.24, 2.45) is 5.92 Å². The van der Waals surface area contributed by atoms with Gasteiger partial charge in [-0.2, -0.15) is 0 Å². The van der Waals surface area contributed by atoms with Crippen LogP contribution in [0.5, 0.6) is 0 Å². The number of amides is 2. The second kappa shape index (κ2) is 8.22. The Morgan fingerprint density at radius 1 is 1.30 bits per heavy atom. The van der Waals surface area contributed by atoms with E-state index in [2.05, 4.69) is 12.2 Å². The molecule has 27 heavy (non-hydrogen) atoms. The Hall–Kier alpha value is -1.54. The Balaban J connectivity index is 1.66. The molecular formula is C19H26N2O4S2. The molecule has 0 bridgehead atoms. The van der Waals surface area contributed by atoms with Crippen LogP contribution in [0.25, 0.3) is 0 Å².